The van der Waals surface area contributed by atoms with Crippen molar-refractivity contribution in [1.29, 1.82) is 0 Å². The van der Waals surface area contributed by atoms with Crippen molar-refractivity contribution in [3.63, 3.8) is 0 Å². The van der Waals surface area contributed by atoms with E-state index in [2.05, 4.69) is 4.98 Å². The molecular formula is C12H11F3N2O2S. The number of furan rings is 1. The Morgan fingerprint density at radius 3 is 2.80 bits per heavy atom. The van der Waals surface area contributed by atoms with Gasteiger partial charge in [-0.2, -0.15) is 13.2 Å². The van der Waals surface area contributed by atoms with E-state index in [4.69, 9.17) is 4.42 Å². The number of halogens is 3. The molecule has 0 spiro atoms. The molecule has 4 nitrogen and oxygen atoms in total. The molecule has 0 bridgehead atoms. The minimum atomic E-state index is -4.41. The first-order valence-electron chi connectivity index (χ1n) is 5.68. The lowest BCUT2D eigenvalue weighted by molar-refractivity contribution is -0.138. The molecule has 0 unspecified atom stereocenters. The predicted molar refractivity (Wildman–Crippen MR) is 67.3 cm³/mol. The SMILES string of the molecule is Cc1ccc(-c2nc(CC(=O)NCC(F)(F)F)cs2)o1. The first kappa shape index (κ1) is 14.6. The Kier molecular flexibility index (Phi) is 4.12. The zero-order valence-electron chi connectivity index (χ0n) is 10.5. The first-order chi connectivity index (χ1) is 9.33. The fourth-order valence-electron chi connectivity index (χ4n) is 1.48. The maximum absolute atomic E-state index is 11.9. The van der Waals surface area contributed by atoms with Crippen LogP contribution in [0.15, 0.2) is 21.9 Å². The van der Waals surface area contributed by atoms with Crippen molar-refractivity contribution in [1.82, 2.24) is 10.3 Å². The molecule has 1 amide bonds. The summed E-state index contributed by atoms with van der Waals surface area (Å²) in [6.45, 7) is 0.461. The van der Waals surface area contributed by atoms with Gasteiger partial charge in [0.25, 0.3) is 0 Å². The van der Waals surface area contributed by atoms with E-state index in [0.29, 0.717) is 16.5 Å². The summed E-state index contributed by atoms with van der Waals surface area (Å²) in [4.78, 5) is 15.5. The van der Waals surface area contributed by atoms with E-state index in [1.165, 1.54) is 11.3 Å². The number of aromatic nitrogens is 1. The number of hydrogen-bond acceptors (Lipinski definition) is 4. The molecule has 8 heteroatoms. The Morgan fingerprint density at radius 1 is 1.45 bits per heavy atom. The van der Waals surface area contributed by atoms with E-state index in [1.807, 2.05) is 0 Å². The molecule has 2 heterocycles. The van der Waals surface area contributed by atoms with Gasteiger partial charge in [0.1, 0.15) is 12.3 Å². The monoisotopic (exact) mass is 304 g/mol. The number of carbonyl (C=O) groups excluding carboxylic acids is 1. The topological polar surface area (TPSA) is 55.1 Å². The number of thiazole rings is 1. The second-order valence-corrected chi connectivity index (χ2v) is 4.98. The third-order valence-corrected chi connectivity index (χ3v) is 3.24. The van der Waals surface area contributed by atoms with E-state index in [9.17, 15) is 18.0 Å². The van der Waals surface area contributed by atoms with Crippen LogP contribution >= 0.6 is 11.3 Å². The Balaban J connectivity index is 1.94. The lowest BCUT2D eigenvalue weighted by Gasteiger charge is -2.07. The number of carbonyl (C=O) groups is 1. The second-order valence-electron chi connectivity index (χ2n) is 4.12. The molecular weight excluding hydrogens is 293 g/mol. The van der Waals surface area contributed by atoms with E-state index < -0.39 is 18.6 Å². The summed E-state index contributed by atoms with van der Waals surface area (Å²) in [7, 11) is 0. The van der Waals surface area contributed by atoms with Crippen molar-refractivity contribution >= 4 is 17.2 Å². The third kappa shape index (κ3) is 4.09. The van der Waals surface area contributed by atoms with Crippen LogP contribution in [-0.4, -0.2) is 23.6 Å². The normalized spacial score (nSPS) is 11.6. The van der Waals surface area contributed by atoms with Crippen LogP contribution in [0.2, 0.25) is 0 Å². The molecule has 0 radical (unpaired) electrons. The van der Waals surface area contributed by atoms with Crippen molar-refractivity contribution < 1.29 is 22.4 Å². The van der Waals surface area contributed by atoms with Crippen LogP contribution in [0.5, 0.6) is 0 Å². The van der Waals surface area contributed by atoms with Crippen molar-refractivity contribution in [2.75, 3.05) is 6.54 Å². The van der Waals surface area contributed by atoms with Crippen LogP contribution in [0.1, 0.15) is 11.5 Å². The third-order valence-electron chi connectivity index (χ3n) is 2.33. The zero-order chi connectivity index (χ0) is 14.8. The summed E-state index contributed by atoms with van der Waals surface area (Å²) < 4.78 is 41.2. The van der Waals surface area contributed by atoms with Crippen molar-refractivity contribution in [3.8, 4) is 10.8 Å². The molecule has 0 aliphatic rings. The van der Waals surface area contributed by atoms with Crippen LogP contribution in [0.3, 0.4) is 0 Å². The highest BCUT2D eigenvalue weighted by atomic mass is 32.1. The summed E-state index contributed by atoms with van der Waals surface area (Å²) in [5.41, 5.74) is 0.415. The van der Waals surface area contributed by atoms with E-state index in [0.717, 1.165) is 5.76 Å². The lowest BCUT2D eigenvalue weighted by atomic mass is 10.3. The predicted octanol–water partition coefficient (Wildman–Crippen LogP) is 2.93. The van der Waals surface area contributed by atoms with E-state index in [1.54, 1.807) is 29.8 Å². The van der Waals surface area contributed by atoms with Gasteiger partial charge in [-0.25, -0.2) is 4.98 Å². The molecule has 0 saturated heterocycles. The highest BCUT2D eigenvalue weighted by Crippen LogP contribution is 2.25. The van der Waals surface area contributed by atoms with Gasteiger partial charge >= 0.3 is 6.18 Å². The van der Waals surface area contributed by atoms with Crippen LogP contribution in [0.25, 0.3) is 10.8 Å². The average Bonchev–Trinajstić information content (AvgIpc) is 2.94. The molecule has 0 fully saturated rings. The van der Waals surface area contributed by atoms with Crippen molar-refractivity contribution in [2.45, 2.75) is 19.5 Å². The first-order valence-corrected chi connectivity index (χ1v) is 6.56. The molecule has 0 aromatic carbocycles. The molecule has 2 rings (SSSR count). The molecule has 2 aromatic heterocycles. The Labute approximate surface area is 116 Å². The van der Waals surface area contributed by atoms with Crippen LogP contribution < -0.4 is 5.32 Å². The Bertz CT molecular complexity index is 604. The number of aryl methyl sites for hydroxylation is 1. The summed E-state index contributed by atoms with van der Waals surface area (Å²) in [6, 6.07) is 3.54. The lowest BCUT2D eigenvalue weighted by Crippen LogP contribution is -2.34. The van der Waals surface area contributed by atoms with Gasteiger partial charge in [-0.05, 0) is 19.1 Å². The van der Waals surface area contributed by atoms with Gasteiger partial charge in [-0.15, -0.1) is 11.3 Å². The molecule has 0 saturated carbocycles. The van der Waals surface area contributed by atoms with E-state index in [-0.39, 0.29) is 6.42 Å². The smallest absolute Gasteiger partial charge is 0.405 e. The standard InChI is InChI=1S/C12H11F3N2O2S/c1-7-2-3-9(19-7)11-17-8(5-20-11)4-10(18)16-6-12(13,14)15/h2-3,5H,4,6H2,1H3,(H,16,18). The molecule has 0 atom stereocenters. The van der Waals surface area contributed by atoms with Gasteiger partial charge in [-0.1, -0.05) is 0 Å². The number of amides is 1. The largest absolute Gasteiger partial charge is 0.459 e. The van der Waals surface area contributed by atoms with E-state index >= 15 is 0 Å². The van der Waals surface area contributed by atoms with Crippen LogP contribution in [0.4, 0.5) is 13.2 Å². The average molecular weight is 304 g/mol. The maximum Gasteiger partial charge on any atom is 0.405 e. The highest BCUT2D eigenvalue weighted by Gasteiger charge is 2.27. The number of alkyl halides is 3. The number of nitrogens with zero attached hydrogens (tertiary/aromatic N) is 1. The van der Waals surface area contributed by atoms with Crippen LogP contribution in [0, 0.1) is 6.92 Å². The van der Waals surface area contributed by atoms with Gasteiger partial charge < -0.3 is 9.73 Å². The molecule has 20 heavy (non-hydrogen) atoms. The molecule has 1 N–H and O–H groups in total. The van der Waals surface area contributed by atoms with Crippen molar-refractivity contribution in [3.05, 3.63) is 29.0 Å². The highest BCUT2D eigenvalue weighted by molar-refractivity contribution is 7.13. The fourth-order valence-corrected chi connectivity index (χ4v) is 2.26. The Hall–Kier alpha value is -1.83. The molecule has 108 valence electrons. The van der Waals surface area contributed by atoms with Crippen molar-refractivity contribution in [2.24, 2.45) is 0 Å². The summed E-state index contributed by atoms with van der Waals surface area (Å²) in [5.74, 6) is 0.601. The molecule has 0 aliphatic carbocycles. The molecule has 2 aromatic rings. The zero-order valence-corrected chi connectivity index (χ0v) is 11.3. The maximum atomic E-state index is 11.9. The number of hydrogen-bond donors (Lipinski definition) is 1. The number of nitrogens with one attached hydrogen (secondary N) is 1. The summed E-state index contributed by atoms with van der Waals surface area (Å²) in [6.07, 6.45) is -4.60. The molecule has 0 aliphatic heterocycles. The second kappa shape index (κ2) is 5.66. The fraction of sp³-hybridized carbons (Fsp3) is 0.333. The number of rotatable bonds is 4. The van der Waals surface area contributed by atoms with Gasteiger partial charge in [-0.3, -0.25) is 4.79 Å². The quantitative estimate of drug-likeness (QED) is 0.945. The van der Waals surface area contributed by atoms with Crippen LogP contribution in [-0.2, 0) is 11.2 Å². The van der Waals surface area contributed by atoms with Gasteiger partial charge in [0.05, 0.1) is 12.1 Å². The summed E-state index contributed by atoms with van der Waals surface area (Å²) in [5, 5.41) is 4.02. The Morgan fingerprint density at radius 2 is 2.20 bits per heavy atom. The van der Waals surface area contributed by atoms with Gasteiger partial charge in [0, 0.05) is 5.38 Å². The summed E-state index contributed by atoms with van der Waals surface area (Å²) >= 11 is 1.27. The van der Waals surface area contributed by atoms with Gasteiger partial charge in [0.15, 0.2) is 10.8 Å². The minimum absolute atomic E-state index is 0.188. The van der Waals surface area contributed by atoms with Gasteiger partial charge in [0.2, 0.25) is 5.91 Å². The minimum Gasteiger partial charge on any atom is -0.459 e.